The molecule has 0 aliphatic heterocycles. The third-order valence-electron chi connectivity index (χ3n) is 9.20. The molecule has 176 valence electrons. The Morgan fingerprint density at radius 1 is 0.969 bits per heavy atom. The second-order valence-corrected chi connectivity index (χ2v) is 10.9. The maximum Gasteiger partial charge on any atom is 0.303 e. The number of ether oxygens (including phenoxy) is 2. The molecule has 0 bridgehead atoms. The summed E-state index contributed by atoms with van der Waals surface area (Å²) in [7, 11) is 0. The van der Waals surface area contributed by atoms with Crippen molar-refractivity contribution in [3.8, 4) is 0 Å². The number of carbonyl (C=O) groups excluding carboxylic acids is 4. The molecule has 3 saturated carbocycles. The van der Waals surface area contributed by atoms with Gasteiger partial charge in [-0.05, 0) is 68.4 Å². The first-order valence-corrected chi connectivity index (χ1v) is 11.7. The second kappa shape index (κ2) is 7.51. The van der Waals surface area contributed by atoms with E-state index in [1.165, 1.54) is 13.8 Å². The predicted molar refractivity (Wildman–Crippen MR) is 114 cm³/mol. The fraction of sp³-hybridized carbons (Fsp3) is 0.760. The standard InChI is InChI=1S/C25H34O7/c1-13(26)16-7-9-25(30)18-10-20(29)19-11-21(31-14(2)27)22(32-15(3)28)12-23(19,4)17(18)6-8-24(16,25)5/h10,16-17,19,21-22,30H,6-9,11-12H2,1-5H3/t16-,17+,19+,21+,22+,23-,24-,25-/m1/s1. The van der Waals surface area contributed by atoms with Crippen LogP contribution >= 0.6 is 0 Å². The minimum Gasteiger partial charge on any atom is -0.459 e. The molecule has 0 aromatic heterocycles. The van der Waals surface area contributed by atoms with E-state index in [2.05, 4.69) is 0 Å². The minimum absolute atomic E-state index is 0.0645. The van der Waals surface area contributed by atoms with Crippen LogP contribution in [0.2, 0.25) is 0 Å². The summed E-state index contributed by atoms with van der Waals surface area (Å²) < 4.78 is 11.0. The second-order valence-electron chi connectivity index (χ2n) is 10.9. The molecule has 0 aromatic rings. The maximum atomic E-state index is 13.4. The summed E-state index contributed by atoms with van der Waals surface area (Å²) in [5.74, 6) is -1.59. The summed E-state index contributed by atoms with van der Waals surface area (Å²) in [4.78, 5) is 49.2. The number of rotatable bonds is 3. The van der Waals surface area contributed by atoms with Crippen LogP contribution in [0.4, 0.5) is 0 Å². The highest BCUT2D eigenvalue weighted by Crippen LogP contribution is 2.67. The van der Waals surface area contributed by atoms with Gasteiger partial charge in [0, 0.05) is 31.1 Å². The topological polar surface area (TPSA) is 107 Å². The van der Waals surface area contributed by atoms with Gasteiger partial charge in [-0.15, -0.1) is 0 Å². The van der Waals surface area contributed by atoms with Crippen LogP contribution in [0.3, 0.4) is 0 Å². The van der Waals surface area contributed by atoms with Gasteiger partial charge in [0.05, 0.1) is 5.60 Å². The molecule has 4 aliphatic rings. The highest BCUT2D eigenvalue weighted by atomic mass is 16.6. The molecule has 0 heterocycles. The molecule has 32 heavy (non-hydrogen) atoms. The van der Waals surface area contributed by atoms with Crippen LogP contribution in [0.1, 0.15) is 73.1 Å². The zero-order valence-electron chi connectivity index (χ0n) is 19.6. The highest BCUT2D eigenvalue weighted by Gasteiger charge is 2.67. The maximum absolute atomic E-state index is 13.4. The van der Waals surface area contributed by atoms with E-state index in [1.54, 1.807) is 13.0 Å². The number of aliphatic hydroxyl groups is 1. The van der Waals surface area contributed by atoms with E-state index >= 15 is 0 Å². The van der Waals surface area contributed by atoms with Crippen LogP contribution < -0.4 is 0 Å². The normalized spacial score (nSPS) is 45.1. The zero-order valence-corrected chi connectivity index (χ0v) is 19.6. The summed E-state index contributed by atoms with van der Waals surface area (Å²) in [5.41, 5.74) is -1.58. The fourth-order valence-electron chi connectivity index (χ4n) is 7.65. The van der Waals surface area contributed by atoms with Gasteiger partial charge in [0.25, 0.3) is 0 Å². The fourth-order valence-corrected chi connectivity index (χ4v) is 7.65. The number of hydrogen-bond acceptors (Lipinski definition) is 7. The van der Waals surface area contributed by atoms with E-state index in [9.17, 15) is 24.3 Å². The Morgan fingerprint density at radius 2 is 1.59 bits per heavy atom. The van der Waals surface area contributed by atoms with Crippen molar-refractivity contribution in [2.24, 2.45) is 28.6 Å². The summed E-state index contributed by atoms with van der Waals surface area (Å²) in [6, 6.07) is 0. The van der Waals surface area contributed by atoms with Gasteiger partial charge in [0.1, 0.15) is 18.0 Å². The van der Waals surface area contributed by atoms with Gasteiger partial charge in [0.2, 0.25) is 0 Å². The summed E-state index contributed by atoms with van der Waals surface area (Å²) in [5, 5.41) is 12.0. The Bertz CT molecular complexity index is 906. The first-order valence-electron chi connectivity index (χ1n) is 11.7. The number of carbonyl (C=O) groups is 4. The molecular formula is C25H34O7. The summed E-state index contributed by atoms with van der Waals surface area (Å²) >= 11 is 0. The largest absolute Gasteiger partial charge is 0.459 e. The van der Waals surface area contributed by atoms with E-state index in [4.69, 9.17) is 9.47 Å². The lowest BCUT2D eigenvalue weighted by Gasteiger charge is -2.60. The van der Waals surface area contributed by atoms with Crippen molar-refractivity contribution >= 4 is 23.5 Å². The Morgan fingerprint density at radius 3 is 2.19 bits per heavy atom. The van der Waals surface area contributed by atoms with Gasteiger partial charge in [0.15, 0.2) is 5.78 Å². The third-order valence-corrected chi connectivity index (χ3v) is 9.20. The first-order chi connectivity index (χ1) is 14.8. The smallest absolute Gasteiger partial charge is 0.303 e. The Kier molecular flexibility index (Phi) is 5.43. The van der Waals surface area contributed by atoms with Gasteiger partial charge in [-0.1, -0.05) is 13.8 Å². The van der Waals surface area contributed by atoms with E-state index < -0.39 is 40.6 Å². The lowest BCUT2D eigenvalue weighted by Crippen LogP contribution is -2.61. The average molecular weight is 447 g/mol. The number of ketones is 2. The van der Waals surface area contributed by atoms with E-state index in [1.807, 2.05) is 13.8 Å². The monoisotopic (exact) mass is 446 g/mol. The van der Waals surface area contributed by atoms with E-state index in [-0.39, 0.29) is 29.3 Å². The summed E-state index contributed by atoms with van der Waals surface area (Å²) in [6.45, 7) is 8.25. The van der Waals surface area contributed by atoms with Crippen molar-refractivity contribution in [1.82, 2.24) is 0 Å². The van der Waals surface area contributed by atoms with E-state index in [0.717, 1.165) is 12.0 Å². The van der Waals surface area contributed by atoms with Crippen molar-refractivity contribution in [1.29, 1.82) is 0 Å². The molecule has 8 atom stereocenters. The first kappa shape index (κ1) is 23.1. The van der Waals surface area contributed by atoms with Crippen LogP contribution in [0.5, 0.6) is 0 Å². The Hall–Kier alpha value is -2.02. The molecule has 0 unspecified atom stereocenters. The number of Topliss-reactive ketones (excluding diaryl/α,β-unsaturated/α-hetero) is 1. The van der Waals surface area contributed by atoms with Gasteiger partial charge in [-0.25, -0.2) is 0 Å². The van der Waals surface area contributed by atoms with Crippen LogP contribution in [0.15, 0.2) is 11.6 Å². The van der Waals surface area contributed by atoms with Crippen molar-refractivity contribution in [3.63, 3.8) is 0 Å². The Labute approximate surface area is 188 Å². The molecule has 0 saturated heterocycles. The van der Waals surface area contributed by atoms with Gasteiger partial charge < -0.3 is 14.6 Å². The number of hydrogen-bond donors (Lipinski definition) is 1. The molecule has 0 amide bonds. The highest BCUT2D eigenvalue weighted by molar-refractivity contribution is 5.95. The van der Waals surface area contributed by atoms with Gasteiger partial charge in [-0.3, -0.25) is 19.2 Å². The minimum atomic E-state index is -1.19. The molecule has 1 N–H and O–H groups in total. The number of esters is 2. The molecular weight excluding hydrogens is 412 g/mol. The number of fused-ring (bicyclic) bond motifs is 5. The number of allylic oxidation sites excluding steroid dienone is 1. The van der Waals surface area contributed by atoms with Crippen LogP contribution in [-0.4, -0.2) is 46.4 Å². The molecule has 4 aliphatic carbocycles. The molecule has 7 nitrogen and oxygen atoms in total. The van der Waals surface area contributed by atoms with Crippen LogP contribution in [0.25, 0.3) is 0 Å². The summed E-state index contributed by atoms with van der Waals surface area (Å²) in [6.07, 6.45) is 3.51. The Balaban J connectivity index is 1.74. The molecule has 4 rings (SSSR count). The van der Waals surface area contributed by atoms with Crippen LogP contribution in [0, 0.1) is 28.6 Å². The molecule has 7 heteroatoms. The predicted octanol–water partition coefficient (Wildman–Crippen LogP) is 2.92. The SMILES string of the molecule is CC(=O)O[C@H]1C[C@H]2C(=O)C=C3[C@H](CC[C@]4(C)[C@@H](C(C)=O)CC[C@@]34O)[C@@]2(C)C[C@@H]1OC(C)=O. The zero-order chi connectivity index (χ0) is 23.6. The van der Waals surface area contributed by atoms with Crippen LogP contribution in [-0.2, 0) is 28.7 Å². The lowest BCUT2D eigenvalue weighted by atomic mass is 9.46. The molecule has 0 radical (unpaired) electrons. The molecule has 0 spiro atoms. The van der Waals surface area contributed by atoms with Crippen molar-refractivity contribution in [3.05, 3.63) is 11.6 Å². The van der Waals surface area contributed by atoms with Crippen molar-refractivity contribution in [2.75, 3.05) is 0 Å². The van der Waals surface area contributed by atoms with Gasteiger partial charge >= 0.3 is 11.9 Å². The van der Waals surface area contributed by atoms with Crippen molar-refractivity contribution in [2.45, 2.75) is 91.0 Å². The average Bonchev–Trinajstić information content (AvgIpc) is 2.94. The van der Waals surface area contributed by atoms with E-state index in [0.29, 0.717) is 32.1 Å². The van der Waals surface area contributed by atoms with Gasteiger partial charge in [-0.2, -0.15) is 0 Å². The molecule has 3 fully saturated rings. The van der Waals surface area contributed by atoms with Crippen molar-refractivity contribution < 1.29 is 33.8 Å². The molecule has 0 aromatic carbocycles. The lowest BCUT2D eigenvalue weighted by molar-refractivity contribution is -0.186. The quantitative estimate of drug-likeness (QED) is 0.664. The third kappa shape index (κ3) is 3.18.